The number of carbonyl (C=O) groups is 1. The van der Waals surface area contributed by atoms with Gasteiger partial charge in [0.15, 0.2) is 10.8 Å². The Hall–Kier alpha value is -1.53. The van der Waals surface area contributed by atoms with Crippen LogP contribution in [0.25, 0.3) is 0 Å². The molecule has 0 atom stereocenters. The van der Waals surface area contributed by atoms with Crippen LogP contribution in [0.1, 0.15) is 22.3 Å². The molecule has 0 bridgehead atoms. The van der Waals surface area contributed by atoms with Crippen molar-refractivity contribution < 1.29 is 9.53 Å². The Morgan fingerprint density at radius 1 is 1.45 bits per heavy atom. The molecule has 6 heteroatoms. The Bertz CT molecular complexity index is 611. The monoisotopic (exact) mass is 308 g/mol. The Morgan fingerprint density at radius 2 is 2.20 bits per heavy atom. The lowest BCUT2D eigenvalue weighted by atomic mass is 10.3. The van der Waals surface area contributed by atoms with Gasteiger partial charge in [0.2, 0.25) is 0 Å². The third-order valence-corrected chi connectivity index (χ3v) is 4.30. The average Bonchev–Trinajstić information content (AvgIpc) is 2.80. The van der Waals surface area contributed by atoms with Gasteiger partial charge in [-0.15, -0.1) is 23.1 Å². The molecule has 0 radical (unpaired) electrons. The van der Waals surface area contributed by atoms with Crippen LogP contribution in [0, 0.1) is 6.92 Å². The number of esters is 1. The summed E-state index contributed by atoms with van der Waals surface area (Å²) in [5, 5.41) is 3.96. The molecule has 0 aliphatic rings. The van der Waals surface area contributed by atoms with E-state index in [1.165, 1.54) is 11.3 Å². The first kappa shape index (κ1) is 14.9. The second-order valence-corrected chi connectivity index (χ2v) is 6.02. The van der Waals surface area contributed by atoms with Gasteiger partial charge in [-0.05, 0) is 32.2 Å². The van der Waals surface area contributed by atoms with Gasteiger partial charge in [0.1, 0.15) is 0 Å². The van der Waals surface area contributed by atoms with Crippen molar-refractivity contribution in [3.63, 3.8) is 0 Å². The van der Waals surface area contributed by atoms with E-state index in [0.29, 0.717) is 17.4 Å². The van der Waals surface area contributed by atoms with Gasteiger partial charge < -0.3 is 10.1 Å². The summed E-state index contributed by atoms with van der Waals surface area (Å²) in [4.78, 5) is 18.1. The second kappa shape index (κ2) is 6.76. The van der Waals surface area contributed by atoms with Crippen LogP contribution in [0.2, 0.25) is 0 Å². The summed E-state index contributed by atoms with van der Waals surface area (Å²) in [7, 11) is 0. The van der Waals surface area contributed by atoms with Crippen LogP contribution in [-0.2, 0) is 4.74 Å². The van der Waals surface area contributed by atoms with E-state index in [-0.39, 0.29) is 5.97 Å². The van der Waals surface area contributed by atoms with Crippen LogP contribution in [0.4, 0.5) is 10.8 Å². The Morgan fingerprint density at radius 3 is 2.90 bits per heavy atom. The Kier molecular flexibility index (Phi) is 5.03. The van der Waals surface area contributed by atoms with Crippen molar-refractivity contribution in [1.29, 1.82) is 0 Å². The fraction of sp³-hybridized carbons (Fsp3) is 0.286. The highest BCUT2D eigenvalue weighted by molar-refractivity contribution is 7.98. The quantitative estimate of drug-likeness (QED) is 0.666. The first-order valence-corrected chi connectivity index (χ1v) is 8.24. The SMILES string of the molecule is CCOC(=O)c1nc(Nc2ccccc2SC)sc1C. The third kappa shape index (κ3) is 3.32. The number of nitrogens with zero attached hydrogens (tertiary/aromatic N) is 1. The van der Waals surface area contributed by atoms with Crippen molar-refractivity contribution in [3.05, 3.63) is 34.8 Å². The molecule has 1 heterocycles. The van der Waals surface area contributed by atoms with Gasteiger partial charge in [0, 0.05) is 9.77 Å². The number of hydrogen-bond donors (Lipinski definition) is 1. The molecule has 0 unspecified atom stereocenters. The summed E-state index contributed by atoms with van der Waals surface area (Å²) < 4.78 is 4.99. The molecule has 1 aromatic heterocycles. The predicted octanol–water partition coefficient (Wildman–Crippen LogP) is 4.09. The van der Waals surface area contributed by atoms with E-state index in [4.69, 9.17) is 4.74 Å². The zero-order valence-corrected chi connectivity index (χ0v) is 13.2. The lowest BCUT2D eigenvalue weighted by molar-refractivity contribution is 0.0519. The number of thiazole rings is 1. The lowest BCUT2D eigenvalue weighted by Crippen LogP contribution is -2.06. The fourth-order valence-electron chi connectivity index (χ4n) is 1.70. The molecule has 106 valence electrons. The molecule has 0 saturated heterocycles. The van der Waals surface area contributed by atoms with Crippen molar-refractivity contribution in [1.82, 2.24) is 4.98 Å². The number of benzene rings is 1. The number of anilines is 2. The molecule has 20 heavy (non-hydrogen) atoms. The van der Waals surface area contributed by atoms with Crippen molar-refractivity contribution >= 4 is 39.9 Å². The van der Waals surface area contributed by atoms with Crippen molar-refractivity contribution in [3.8, 4) is 0 Å². The summed E-state index contributed by atoms with van der Waals surface area (Å²) >= 11 is 3.11. The van der Waals surface area contributed by atoms with Crippen molar-refractivity contribution in [2.24, 2.45) is 0 Å². The molecule has 1 aromatic carbocycles. The summed E-state index contributed by atoms with van der Waals surface area (Å²) in [6.45, 7) is 4.01. The van der Waals surface area contributed by atoms with E-state index in [0.717, 1.165) is 15.5 Å². The molecule has 2 aromatic rings. The van der Waals surface area contributed by atoms with Crippen molar-refractivity contribution in [2.45, 2.75) is 18.7 Å². The largest absolute Gasteiger partial charge is 0.461 e. The summed E-state index contributed by atoms with van der Waals surface area (Å²) in [5.74, 6) is -0.368. The topological polar surface area (TPSA) is 51.2 Å². The first-order valence-electron chi connectivity index (χ1n) is 6.20. The van der Waals surface area contributed by atoms with Crippen LogP contribution >= 0.6 is 23.1 Å². The lowest BCUT2D eigenvalue weighted by Gasteiger charge is -2.07. The summed E-state index contributed by atoms with van der Waals surface area (Å²) in [6, 6.07) is 8.00. The molecule has 4 nitrogen and oxygen atoms in total. The molecule has 2 rings (SSSR count). The number of aromatic nitrogens is 1. The molecule has 1 N–H and O–H groups in total. The molecular formula is C14H16N2O2S2. The number of para-hydroxylation sites is 1. The molecule has 0 fully saturated rings. The number of carbonyl (C=O) groups excluding carboxylic acids is 1. The highest BCUT2D eigenvalue weighted by Crippen LogP contribution is 2.30. The van der Waals surface area contributed by atoms with Crippen LogP contribution in [-0.4, -0.2) is 23.8 Å². The number of aryl methyl sites for hydroxylation is 1. The van der Waals surface area contributed by atoms with Gasteiger partial charge in [-0.25, -0.2) is 9.78 Å². The Labute approximate surface area is 126 Å². The van der Waals surface area contributed by atoms with Crippen molar-refractivity contribution in [2.75, 3.05) is 18.2 Å². The minimum absolute atomic E-state index is 0.355. The summed E-state index contributed by atoms with van der Waals surface area (Å²) in [5.41, 5.74) is 1.38. The van der Waals surface area contributed by atoms with Crippen LogP contribution in [0.15, 0.2) is 29.2 Å². The molecule has 0 aliphatic carbocycles. The minimum atomic E-state index is -0.368. The normalized spacial score (nSPS) is 10.3. The third-order valence-electron chi connectivity index (χ3n) is 2.61. The molecule has 0 saturated carbocycles. The highest BCUT2D eigenvalue weighted by Gasteiger charge is 2.16. The van der Waals surface area contributed by atoms with Crippen LogP contribution in [0.3, 0.4) is 0 Å². The van der Waals surface area contributed by atoms with Crippen LogP contribution in [0.5, 0.6) is 0 Å². The first-order chi connectivity index (χ1) is 9.65. The van der Waals surface area contributed by atoms with E-state index >= 15 is 0 Å². The van der Waals surface area contributed by atoms with Gasteiger partial charge in [0.25, 0.3) is 0 Å². The predicted molar refractivity (Wildman–Crippen MR) is 84.3 cm³/mol. The van der Waals surface area contributed by atoms with E-state index in [1.807, 2.05) is 37.4 Å². The number of hydrogen-bond acceptors (Lipinski definition) is 6. The maximum absolute atomic E-state index is 11.7. The smallest absolute Gasteiger partial charge is 0.358 e. The van der Waals surface area contributed by atoms with E-state index in [1.54, 1.807) is 18.7 Å². The van der Waals surface area contributed by atoms with E-state index < -0.39 is 0 Å². The molecule has 0 spiro atoms. The average molecular weight is 308 g/mol. The van der Waals surface area contributed by atoms with Gasteiger partial charge >= 0.3 is 5.97 Å². The molecular weight excluding hydrogens is 292 g/mol. The van der Waals surface area contributed by atoms with E-state index in [2.05, 4.69) is 10.3 Å². The minimum Gasteiger partial charge on any atom is -0.461 e. The highest BCUT2D eigenvalue weighted by atomic mass is 32.2. The van der Waals surface area contributed by atoms with Crippen LogP contribution < -0.4 is 5.32 Å². The van der Waals surface area contributed by atoms with E-state index in [9.17, 15) is 4.79 Å². The second-order valence-electron chi connectivity index (χ2n) is 3.97. The standard InChI is InChI=1S/C14H16N2O2S2/c1-4-18-13(17)12-9(2)20-14(16-12)15-10-7-5-6-8-11(10)19-3/h5-8H,4H2,1-3H3,(H,15,16). The molecule has 0 aliphatic heterocycles. The molecule has 0 amide bonds. The van der Waals surface area contributed by atoms with Gasteiger partial charge in [-0.2, -0.15) is 0 Å². The maximum Gasteiger partial charge on any atom is 0.358 e. The number of ether oxygens (including phenoxy) is 1. The number of rotatable bonds is 5. The zero-order valence-electron chi connectivity index (χ0n) is 11.6. The summed E-state index contributed by atoms with van der Waals surface area (Å²) in [6.07, 6.45) is 2.03. The number of thioether (sulfide) groups is 1. The van der Waals surface area contributed by atoms with Gasteiger partial charge in [-0.3, -0.25) is 0 Å². The van der Waals surface area contributed by atoms with Gasteiger partial charge in [0.05, 0.1) is 12.3 Å². The van der Waals surface area contributed by atoms with Gasteiger partial charge in [-0.1, -0.05) is 12.1 Å². The zero-order chi connectivity index (χ0) is 14.5. The Balaban J connectivity index is 2.22. The number of nitrogens with one attached hydrogen (secondary N) is 1. The maximum atomic E-state index is 11.7. The fourth-order valence-corrected chi connectivity index (χ4v) is 3.07.